The van der Waals surface area contributed by atoms with Gasteiger partial charge in [-0.05, 0) is 66.6 Å². The summed E-state index contributed by atoms with van der Waals surface area (Å²) in [6.07, 6.45) is 0. The molecule has 0 spiro atoms. The Morgan fingerprint density at radius 1 is 1.00 bits per heavy atom. The molecular formula is C23H29ClN6O. The highest BCUT2D eigenvalue weighted by Gasteiger charge is 2.31. The average Bonchev–Trinajstić information content (AvgIpc) is 3.26. The summed E-state index contributed by atoms with van der Waals surface area (Å²) in [4.78, 5) is 4.87. The average molecular weight is 441 g/mol. The van der Waals surface area contributed by atoms with E-state index in [0.717, 1.165) is 48.3 Å². The molecule has 0 saturated carbocycles. The van der Waals surface area contributed by atoms with Gasteiger partial charge in [-0.2, -0.15) is 0 Å². The van der Waals surface area contributed by atoms with Crippen LogP contribution in [-0.4, -0.2) is 58.4 Å². The van der Waals surface area contributed by atoms with Gasteiger partial charge in [-0.15, -0.1) is 5.10 Å². The lowest BCUT2D eigenvalue weighted by atomic mass is 10.0. The SMILES string of the molecule is COc1ccc([C@@H](c2nnnn2C(C)C)N2CCN(c3cc(Cl)ccc3C)CC2)cc1. The van der Waals surface area contributed by atoms with Crippen molar-refractivity contribution in [3.05, 3.63) is 64.4 Å². The molecular weight excluding hydrogens is 412 g/mol. The van der Waals surface area contributed by atoms with Crippen LogP contribution < -0.4 is 9.64 Å². The summed E-state index contributed by atoms with van der Waals surface area (Å²) in [6.45, 7) is 9.96. The van der Waals surface area contributed by atoms with Gasteiger partial charge in [0.15, 0.2) is 5.82 Å². The van der Waals surface area contributed by atoms with Crippen LogP contribution in [0.4, 0.5) is 5.69 Å². The molecule has 1 aliphatic heterocycles. The quantitative estimate of drug-likeness (QED) is 0.574. The molecule has 2 heterocycles. The Morgan fingerprint density at radius 2 is 1.71 bits per heavy atom. The molecule has 0 bridgehead atoms. The van der Waals surface area contributed by atoms with E-state index < -0.39 is 0 Å². The van der Waals surface area contributed by atoms with Crippen molar-refractivity contribution in [3.63, 3.8) is 0 Å². The van der Waals surface area contributed by atoms with Crippen molar-refractivity contribution in [1.82, 2.24) is 25.1 Å². The normalized spacial score (nSPS) is 16.0. The van der Waals surface area contributed by atoms with Gasteiger partial charge >= 0.3 is 0 Å². The molecule has 1 saturated heterocycles. The minimum absolute atomic E-state index is 0.0223. The van der Waals surface area contributed by atoms with Crippen LogP contribution in [0, 0.1) is 6.92 Å². The number of rotatable bonds is 6. The van der Waals surface area contributed by atoms with Crippen LogP contribution >= 0.6 is 11.6 Å². The van der Waals surface area contributed by atoms with E-state index in [2.05, 4.69) is 70.4 Å². The van der Waals surface area contributed by atoms with Crippen molar-refractivity contribution in [1.29, 1.82) is 0 Å². The smallest absolute Gasteiger partial charge is 0.173 e. The van der Waals surface area contributed by atoms with Crippen molar-refractivity contribution in [3.8, 4) is 5.75 Å². The third kappa shape index (κ3) is 4.52. The number of aromatic nitrogens is 4. The number of anilines is 1. The lowest BCUT2D eigenvalue weighted by molar-refractivity contribution is 0.199. The molecule has 3 aromatic rings. The molecule has 0 unspecified atom stereocenters. The van der Waals surface area contributed by atoms with Gasteiger partial charge in [0, 0.05) is 36.9 Å². The Bertz CT molecular complexity index is 1010. The van der Waals surface area contributed by atoms with Crippen LogP contribution in [0.3, 0.4) is 0 Å². The largest absolute Gasteiger partial charge is 0.497 e. The van der Waals surface area contributed by atoms with E-state index in [4.69, 9.17) is 16.3 Å². The highest BCUT2D eigenvalue weighted by atomic mass is 35.5. The number of benzene rings is 2. The summed E-state index contributed by atoms with van der Waals surface area (Å²) in [5.41, 5.74) is 3.61. The Labute approximate surface area is 188 Å². The van der Waals surface area contributed by atoms with E-state index in [1.807, 2.05) is 22.9 Å². The first-order chi connectivity index (χ1) is 15.0. The molecule has 164 valence electrons. The van der Waals surface area contributed by atoms with Gasteiger partial charge in [0.1, 0.15) is 5.75 Å². The van der Waals surface area contributed by atoms with Crippen molar-refractivity contribution < 1.29 is 4.74 Å². The van der Waals surface area contributed by atoms with Crippen LogP contribution in [0.25, 0.3) is 0 Å². The van der Waals surface area contributed by atoms with Gasteiger partial charge in [0.25, 0.3) is 0 Å². The van der Waals surface area contributed by atoms with E-state index in [9.17, 15) is 0 Å². The minimum atomic E-state index is -0.0223. The number of tetrazole rings is 1. The first kappa shape index (κ1) is 21.6. The van der Waals surface area contributed by atoms with Gasteiger partial charge in [-0.25, -0.2) is 4.68 Å². The molecule has 1 atom stereocenters. The number of nitrogens with zero attached hydrogens (tertiary/aromatic N) is 6. The van der Waals surface area contributed by atoms with Gasteiger partial charge in [0.2, 0.25) is 0 Å². The van der Waals surface area contributed by atoms with E-state index in [-0.39, 0.29) is 12.1 Å². The zero-order valence-corrected chi connectivity index (χ0v) is 19.3. The Morgan fingerprint density at radius 3 is 2.35 bits per heavy atom. The van der Waals surface area contributed by atoms with Crippen LogP contribution in [0.15, 0.2) is 42.5 Å². The fraction of sp³-hybridized carbons (Fsp3) is 0.435. The number of halogens is 1. The third-order valence-electron chi connectivity index (χ3n) is 5.87. The summed E-state index contributed by atoms with van der Waals surface area (Å²) < 4.78 is 7.27. The predicted molar refractivity (Wildman–Crippen MR) is 123 cm³/mol. The molecule has 31 heavy (non-hydrogen) atoms. The maximum absolute atomic E-state index is 6.26. The van der Waals surface area contributed by atoms with E-state index >= 15 is 0 Å². The Balaban J connectivity index is 1.62. The van der Waals surface area contributed by atoms with Crippen molar-refractivity contribution >= 4 is 17.3 Å². The van der Waals surface area contributed by atoms with Gasteiger partial charge in [-0.1, -0.05) is 29.8 Å². The lowest BCUT2D eigenvalue weighted by Crippen LogP contribution is -2.48. The second-order valence-electron chi connectivity index (χ2n) is 8.20. The fourth-order valence-corrected chi connectivity index (χ4v) is 4.37. The molecule has 1 fully saturated rings. The van der Waals surface area contributed by atoms with Gasteiger partial charge in [-0.3, -0.25) is 4.90 Å². The first-order valence-corrected chi connectivity index (χ1v) is 11.0. The molecule has 0 amide bonds. The molecule has 0 N–H and O–H groups in total. The van der Waals surface area contributed by atoms with Crippen LogP contribution in [0.5, 0.6) is 5.75 Å². The maximum Gasteiger partial charge on any atom is 0.173 e. The minimum Gasteiger partial charge on any atom is -0.497 e. The van der Waals surface area contributed by atoms with E-state index in [0.29, 0.717) is 0 Å². The van der Waals surface area contributed by atoms with Crippen molar-refractivity contribution in [2.24, 2.45) is 0 Å². The van der Waals surface area contributed by atoms with E-state index in [1.165, 1.54) is 11.3 Å². The van der Waals surface area contributed by atoms with Gasteiger partial charge in [0.05, 0.1) is 19.2 Å². The van der Waals surface area contributed by atoms with Crippen molar-refractivity contribution in [2.75, 3.05) is 38.2 Å². The lowest BCUT2D eigenvalue weighted by Gasteiger charge is -2.40. The van der Waals surface area contributed by atoms with Crippen LogP contribution in [-0.2, 0) is 0 Å². The zero-order chi connectivity index (χ0) is 22.0. The third-order valence-corrected chi connectivity index (χ3v) is 6.11. The van der Waals surface area contributed by atoms with Crippen LogP contribution in [0.2, 0.25) is 5.02 Å². The molecule has 4 rings (SSSR count). The maximum atomic E-state index is 6.26. The highest BCUT2D eigenvalue weighted by Crippen LogP contribution is 2.32. The molecule has 2 aromatic carbocycles. The summed E-state index contributed by atoms with van der Waals surface area (Å²) in [7, 11) is 1.68. The standard InChI is InChI=1S/C23H29ClN6O/c1-16(2)30-23(25-26-27-30)22(18-6-9-20(31-4)10-7-18)29-13-11-28(12-14-29)21-15-19(24)8-5-17(21)3/h5-10,15-16,22H,11-14H2,1-4H3/t22-/m0/s1. The van der Waals surface area contributed by atoms with E-state index in [1.54, 1.807) is 7.11 Å². The summed E-state index contributed by atoms with van der Waals surface area (Å²) >= 11 is 6.26. The summed E-state index contributed by atoms with van der Waals surface area (Å²) in [5.74, 6) is 1.71. The summed E-state index contributed by atoms with van der Waals surface area (Å²) in [5, 5.41) is 13.4. The highest BCUT2D eigenvalue weighted by molar-refractivity contribution is 6.30. The van der Waals surface area contributed by atoms with Crippen LogP contribution in [0.1, 0.15) is 42.9 Å². The molecule has 1 aliphatic rings. The number of aryl methyl sites for hydroxylation is 1. The first-order valence-electron chi connectivity index (χ1n) is 10.6. The number of hydrogen-bond donors (Lipinski definition) is 0. The second kappa shape index (κ2) is 9.24. The zero-order valence-electron chi connectivity index (χ0n) is 18.5. The number of methoxy groups -OCH3 is 1. The number of hydrogen-bond acceptors (Lipinski definition) is 6. The molecule has 0 radical (unpaired) electrons. The predicted octanol–water partition coefficient (Wildman–Crippen LogP) is 4.14. The van der Waals surface area contributed by atoms with Gasteiger partial charge < -0.3 is 9.64 Å². The topological polar surface area (TPSA) is 59.3 Å². The van der Waals surface area contributed by atoms with Crippen molar-refractivity contribution in [2.45, 2.75) is 32.9 Å². The molecule has 8 heteroatoms. The monoisotopic (exact) mass is 440 g/mol. The Kier molecular flexibility index (Phi) is 6.43. The molecule has 7 nitrogen and oxygen atoms in total. The summed E-state index contributed by atoms with van der Waals surface area (Å²) in [6, 6.07) is 14.5. The number of piperazine rings is 1. The molecule has 0 aliphatic carbocycles. The Hall–Kier alpha value is -2.64. The fourth-order valence-electron chi connectivity index (χ4n) is 4.20. The number of ether oxygens (including phenoxy) is 1. The second-order valence-corrected chi connectivity index (χ2v) is 8.64. The molecule has 1 aromatic heterocycles.